The van der Waals surface area contributed by atoms with Gasteiger partial charge in [-0.3, -0.25) is 9.36 Å². The van der Waals surface area contributed by atoms with Gasteiger partial charge in [0, 0.05) is 17.6 Å². The molecule has 0 radical (unpaired) electrons. The number of benzene rings is 1. The molecule has 0 bridgehead atoms. The van der Waals surface area contributed by atoms with Gasteiger partial charge in [0.25, 0.3) is 5.56 Å². The van der Waals surface area contributed by atoms with Crippen molar-refractivity contribution in [2.24, 2.45) is 0 Å². The Labute approximate surface area is 146 Å². The lowest BCUT2D eigenvalue weighted by Gasteiger charge is -2.20. The first-order chi connectivity index (χ1) is 11.8. The van der Waals surface area contributed by atoms with Crippen molar-refractivity contribution >= 4 is 17.0 Å². The van der Waals surface area contributed by atoms with Gasteiger partial charge in [0.05, 0.1) is 18.2 Å². The van der Waals surface area contributed by atoms with Crippen molar-refractivity contribution in [1.82, 2.24) is 14.5 Å². The maximum Gasteiger partial charge on any atom is 0.252 e. The van der Waals surface area contributed by atoms with Gasteiger partial charge in [-0.25, -0.2) is 4.98 Å². The number of hydrogen-bond donors (Lipinski definition) is 2. The molecule has 0 spiro atoms. The molecule has 2 N–H and O–H groups in total. The molecule has 25 heavy (non-hydrogen) atoms. The predicted molar refractivity (Wildman–Crippen MR) is 98.6 cm³/mol. The molecule has 0 fully saturated rings. The summed E-state index contributed by atoms with van der Waals surface area (Å²) < 4.78 is 1.48. The molecule has 2 aromatic heterocycles. The van der Waals surface area contributed by atoms with Gasteiger partial charge in [0.2, 0.25) is 5.95 Å². The van der Waals surface area contributed by atoms with E-state index in [9.17, 15) is 9.90 Å². The largest absolute Gasteiger partial charge is 0.389 e. The number of pyridine rings is 1. The Hall–Kier alpha value is -2.73. The fraction of sp³-hybridized carbons (Fsp3) is 0.316. The third kappa shape index (κ3) is 4.03. The number of hydrogen-bond acceptors (Lipinski definition) is 5. The number of aliphatic hydroxyl groups is 1. The van der Waals surface area contributed by atoms with Crippen LogP contribution < -0.4 is 10.9 Å². The van der Waals surface area contributed by atoms with E-state index in [-0.39, 0.29) is 18.1 Å². The van der Waals surface area contributed by atoms with Crippen molar-refractivity contribution in [3.63, 3.8) is 0 Å². The Morgan fingerprint density at radius 3 is 2.60 bits per heavy atom. The summed E-state index contributed by atoms with van der Waals surface area (Å²) in [5.41, 5.74) is 0.407. The summed E-state index contributed by atoms with van der Waals surface area (Å²) in [6, 6.07) is 13.2. The van der Waals surface area contributed by atoms with E-state index in [0.717, 1.165) is 10.9 Å². The van der Waals surface area contributed by atoms with Crippen LogP contribution in [0.25, 0.3) is 11.0 Å². The summed E-state index contributed by atoms with van der Waals surface area (Å²) in [5, 5.41) is 14.1. The number of rotatable bonds is 5. The molecule has 130 valence electrons. The van der Waals surface area contributed by atoms with E-state index in [1.807, 2.05) is 37.3 Å². The molecule has 2 heterocycles. The summed E-state index contributed by atoms with van der Waals surface area (Å²) >= 11 is 0. The van der Waals surface area contributed by atoms with Gasteiger partial charge in [-0.1, -0.05) is 30.3 Å². The highest BCUT2D eigenvalue weighted by molar-refractivity contribution is 5.75. The molecule has 3 aromatic rings. The van der Waals surface area contributed by atoms with E-state index in [0.29, 0.717) is 11.6 Å². The quantitative estimate of drug-likeness (QED) is 0.748. The Balaban J connectivity index is 1.98. The van der Waals surface area contributed by atoms with E-state index in [4.69, 9.17) is 0 Å². The van der Waals surface area contributed by atoms with Crippen LogP contribution in [0.4, 0.5) is 5.95 Å². The molecule has 1 aromatic carbocycles. The third-order valence-corrected chi connectivity index (χ3v) is 3.91. The topological polar surface area (TPSA) is 80.0 Å². The Bertz CT molecular complexity index is 930. The summed E-state index contributed by atoms with van der Waals surface area (Å²) in [4.78, 5) is 21.1. The van der Waals surface area contributed by atoms with E-state index in [1.54, 1.807) is 26.1 Å². The van der Waals surface area contributed by atoms with Crippen molar-refractivity contribution in [3.05, 3.63) is 64.6 Å². The molecule has 0 amide bonds. The SMILES string of the molecule is C[C@H](Nc1ncc2ccc(=O)n(CC(C)(C)O)c2n1)c1ccccc1. The minimum absolute atomic E-state index is 0.0248. The molecular formula is C19H22N4O2. The van der Waals surface area contributed by atoms with Gasteiger partial charge in [-0.15, -0.1) is 0 Å². The average molecular weight is 338 g/mol. The first-order valence-electron chi connectivity index (χ1n) is 8.24. The van der Waals surface area contributed by atoms with Gasteiger partial charge >= 0.3 is 0 Å². The van der Waals surface area contributed by atoms with Crippen LogP contribution in [0, 0.1) is 0 Å². The first kappa shape index (κ1) is 17.1. The molecule has 0 saturated carbocycles. The highest BCUT2D eigenvalue weighted by Crippen LogP contribution is 2.18. The second-order valence-electron chi connectivity index (χ2n) is 6.82. The summed E-state index contributed by atoms with van der Waals surface area (Å²) in [6.07, 6.45) is 1.68. The van der Waals surface area contributed by atoms with Crippen LogP contribution in [-0.4, -0.2) is 25.2 Å². The fourth-order valence-electron chi connectivity index (χ4n) is 2.70. The van der Waals surface area contributed by atoms with E-state index in [1.165, 1.54) is 10.6 Å². The van der Waals surface area contributed by atoms with Crippen LogP contribution in [-0.2, 0) is 6.54 Å². The lowest BCUT2D eigenvalue weighted by molar-refractivity contribution is 0.0616. The van der Waals surface area contributed by atoms with Crippen molar-refractivity contribution in [3.8, 4) is 0 Å². The van der Waals surface area contributed by atoms with E-state index in [2.05, 4.69) is 15.3 Å². The third-order valence-electron chi connectivity index (χ3n) is 3.91. The maximum absolute atomic E-state index is 12.2. The van der Waals surface area contributed by atoms with Gasteiger partial charge in [0.15, 0.2) is 0 Å². The normalized spacial score (nSPS) is 13.0. The summed E-state index contributed by atoms with van der Waals surface area (Å²) in [7, 11) is 0. The molecule has 6 heteroatoms. The molecule has 0 unspecified atom stereocenters. The Kier molecular flexibility index (Phi) is 4.55. The number of nitrogens with zero attached hydrogens (tertiary/aromatic N) is 3. The minimum Gasteiger partial charge on any atom is -0.389 e. The maximum atomic E-state index is 12.2. The second kappa shape index (κ2) is 6.64. The minimum atomic E-state index is -1.02. The van der Waals surface area contributed by atoms with Crippen molar-refractivity contribution in [1.29, 1.82) is 0 Å². The lowest BCUT2D eigenvalue weighted by Crippen LogP contribution is -2.33. The Morgan fingerprint density at radius 2 is 1.92 bits per heavy atom. The van der Waals surface area contributed by atoms with Crippen LogP contribution in [0.5, 0.6) is 0 Å². The zero-order valence-corrected chi connectivity index (χ0v) is 14.6. The van der Waals surface area contributed by atoms with Gasteiger partial charge in [0.1, 0.15) is 5.65 Å². The van der Waals surface area contributed by atoms with Crippen LogP contribution in [0.1, 0.15) is 32.4 Å². The molecule has 3 rings (SSSR count). The second-order valence-corrected chi connectivity index (χ2v) is 6.82. The standard InChI is InChI=1S/C19H22N4O2/c1-13(14-7-5-4-6-8-14)21-18-20-11-15-9-10-16(24)23(17(15)22-18)12-19(2,3)25/h4-11,13,25H,12H2,1-3H3,(H,20,21,22)/t13-/m0/s1. The van der Waals surface area contributed by atoms with Gasteiger partial charge < -0.3 is 10.4 Å². The van der Waals surface area contributed by atoms with Crippen LogP contribution in [0.15, 0.2) is 53.5 Å². The fourth-order valence-corrected chi connectivity index (χ4v) is 2.70. The molecule has 0 aliphatic rings. The van der Waals surface area contributed by atoms with E-state index < -0.39 is 5.60 Å². The highest BCUT2D eigenvalue weighted by atomic mass is 16.3. The molecule has 0 aliphatic heterocycles. The molecule has 0 aliphatic carbocycles. The molecular weight excluding hydrogens is 316 g/mol. The molecule has 1 atom stereocenters. The molecule has 6 nitrogen and oxygen atoms in total. The van der Waals surface area contributed by atoms with Crippen LogP contribution in [0.2, 0.25) is 0 Å². The highest BCUT2D eigenvalue weighted by Gasteiger charge is 2.17. The lowest BCUT2D eigenvalue weighted by atomic mass is 10.1. The summed E-state index contributed by atoms with van der Waals surface area (Å²) in [5.74, 6) is 0.443. The average Bonchev–Trinajstić information content (AvgIpc) is 2.57. The molecule has 0 saturated heterocycles. The number of anilines is 1. The smallest absolute Gasteiger partial charge is 0.252 e. The Morgan fingerprint density at radius 1 is 1.20 bits per heavy atom. The van der Waals surface area contributed by atoms with Crippen molar-refractivity contribution in [2.75, 3.05) is 5.32 Å². The van der Waals surface area contributed by atoms with E-state index >= 15 is 0 Å². The van der Waals surface area contributed by atoms with Gasteiger partial charge in [-0.05, 0) is 32.4 Å². The zero-order valence-electron chi connectivity index (χ0n) is 14.6. The number of aromatic nitrogens is 3. The monoisotopic (exact) mass is 338 g/mol. The number of fused-ring (bicyclic) bond motifs is 1. The van der Waals surface area contributed by atoms with Gasteiger partial charge in [-0.2, -0.15) is 4.98 Å². The van der Waals surface area contributed by atoms with Crippen LogP contribution in [0.3, 0.4) is 0 Å². The van der Waals surface area contributed by atoms with Crippen molar-refractivity contribution < 1.29 is 5.11 Å². The number of nitrogens with one attached hydrogen (secondary N) is 1. The summed E-state index contributed by atoms with van der Waals surface area (Å²) in [6.45, 7) is 5.51. The predicted octanol–water partition coefficient (Wildman–Crippen LogP) is 2.74. The van der Waals surface area contributed by atoms with Crippen molar-refractivity contribution in [2.45, 2.75) is 39.0 Å². The van der Waals surface area contributed by atoms with Crippen LogP contribution >= 0.6 is 0 Å². The zero-order chi connectivity index (χ0) is 18.0. The first-order valence-corrected chi connectivity index (χ1v) is 8.24.